The summed E-state index contributed by atoms with van der Waals surface area (Å²) in [5.41, 5.74) is 0.483. The molecule has 0 spiro atoms. The van der Waals surface area contributed by atoms with Gasteiger partial charge in [-0.05, 0) is 19.4 Å². The summed E-state index contributed by atoms with van der Waals surface area (Å²) in [5, 5.41) is 13.3. The van der Waals surface area contributed by atoms with Crippen LogP contribution in [0.2, 0.25) is 0 Å². The number of carbonyl (C=O) groups is 1. The molecule has 1 aromatic rings. The summed E-state index contributed by atoms with van der Waals surface area (Å²) >= 11 is 0. The molecule has 13 heavy (non-hydrogen) atoms. The average Bonchev–Trinajstić information content (AvgIpc) is 2.62. The summed E-state index contributed by atoms with van der Waals surface area (Å²) in [5.74, 6) is -0.248. The van der Waals surface area contributed by atoms with Gasteiger partial charge in [0.1, 0.15) is 11.8 Å². The van der Waals surface area contributed by atoms with E-state index in [9.17, 15) is 9.90 Å². The Labute approximate surface area is 77.2 Å². The van der Waals surface area contributed by atoms with Crippen molar-refractivity contribution < 1.29 is 9.90 Å². The first-order chi connectivity index (χ1) is 6.20. The Kier molecular flexibility index (Phi) is 3.19. The van der Waals surface area contributed by atoms with Crippen LogP contribution < -0.4 is 0 Å². The second-order valence-electron chi connectivity index (χ2n) is 2.82. The monoisotopic (exact) mass is 182 g/mol. The standard InChI is InChI=1S/C9H14N2O2/c1-3-8(12)9(13)7-5-6-10-11(7)4-2/h5-6,8,12H,3-4H2,1-2H3. The fourth-order valence-corrected chi connectivity index (χ4v) is 1.15. The summed E-state index contributed by atoms with van der Waals surface area (Å²) in [4.78, 5) is 11.5. The number of nitrogens with zero attached hydrogens (tertiary/aromatic N) is 2. The molecule has 0 aliphatic heterocycles. The lowest BCUT2D eigenvalue weighted by Crippen LogP contribution is -2.22. The first-order valence-corrected chi connectivity index (χ1v) is 4.44. The molecule has 1 heterocycles. The maximum Gasteiger partial charge on any atom is 0.209 e. The van der Waals surface area contributed by atoms with Crippen LogP contribution in [0.3, 0.4) is 0 Å². The van der Waals surface area contributed by atoms with Crippen molar-refractivity contribution >= 4 is 5.78 Å². The highest BCUT2D eigenvalue weighted by Gasteiger charge is 2.18. The summed E-state index contributed by atoms with van der Waals surface area (Å²) in [7, 11) is 0. The summed E-state index contributed by atoms with van der Waals surface area (Å²) in [6, 6.07) is 1.63. The normalized spacial score (nSPS) is 12.8. The predicted octanol–water partition coefficient (Wildman–Crippen LogP) is 0.857. The lowest BCUT2D eigenvalue weighted by atomic mass is 10.1. The number of aryl methyl sites for hydroxylation is 1. The predicted molar refractivity (Wildman–Crippen MR) is 48.5 cm³/mol. The maximum absolute atomic E-state index is 11.5. The number of aliphatic hydroxyl groups excluding tert-OH is 1. The maximum atomic E-state index is 11.5. The molecule has 1 atom stereocenters. The molecule has 0 amide bonds. The summed E-state index contributed by atoms with van der Waals surface area (Å²) < 4.78 is 1.58. The van der Waals surface area contributed by atoms with Crippen LogP contribution in [0.25, 0.3) is 0 Å². The number of carbonyl (C=O) groups excluding carboxylic acids is 1. The highest BCUT2D eigenvalue weighted by Crippen LogP contribution is 2.05. The minimum absolute atomic E-state index is 0.248. The molecule has 0 aromatic carbocycles. The molecule has 0 aliphatic carbocycles. The van der Waals surface area contributed by atoms with Crippen molar-refractivity contribution in [3.63, 3.8) is 0 Å². The van der Waals surface area contributed by atoms with Crippen LogP contribution in [0.15, 0.2) is 12.3 Å². The lowest BCUT2D eigenvalue weighted by molar-refractivity contribution is 0.0729. The van der Waals surface area contributed by atoms with Crippen LogP contribution in [-0.4, -0.2) is 26.8 Å². The van der Waals surface area contributed by atoms with Crippen molar-refractivity contribution in [2.24, 2.45) is 0 Å². The van der Waals surface area contributed by atoms with E-state index < -0.39 is 6.10 Å². The van der Waals surface area contributed by atoms with E-state index in [2.05, 4.69) is 5.10 Å². The first-order valence-electron chi connectivity index (χ1n) is 4.44. The van der Waals surface area contributed by atoms with Crippen molar-refractivity contribution in [2.75, 3.05) is 0 Å². The molecule has 0 aliphatic rings. The van der Waals surface area contributed by atoms with E-state index in [4.69, 9.17) is 0 Å². The van der Waals surface area contributed by atoms with E-state index in [-0.39, 0.29) is 5.78 Å². The molecule has 1 aromatic heterocycles. The van der Waals surface area contributed by atoms with E-state index in [1.54, 1.807) is 23.9 Å². The molecule has 1 N–H and O–H groups in total. The number of hydrogen-bond donors (Lipinski definition) is 1. The lowest BCUT2D eigenvalue weighted by Gasteiger charge is -2.07. The third-order valence-corrected chi connectivity index (χ3v) is 1.96. The summed E-state index contributed by atoms with van der Waals surface area (Å²) in [6.45, 7) is 4.32. The van der Waals surface area contributed by atoms with Gasteiger partial charge in [0.05, 0.1) is 0 Å². The van der Waals surface area contributed by atoms with Crippen molar-refractivity contribution in [1.82, 2.24) is 9.78 Å². The van der Waals surface area contributed by atoms with Crippen LogP contribution in [0.5, 0.6) is 0 Å². The van der Waals surface area contributed by atoms with Crippen molar-refractivity contribution in [3.05, 3.63) is 18.0 Å². The number of aliphatic hydroxyl groups is 1. The molecule has 0 saturated heterocycles. The van der Waals surface area contributed by atoms with Crippen molar-refractivity contribution in [2.45, 2.75) is 32.9 Å². The Bertz CT molecular complexity index is 294. The SMILES string of the molecule is CCC(O)C(=O)c1ccnn1CC. The molecular weight excluding hydrogens is 168 g/mol. The molecular formula is C9H14N2O2. The average molecular weight is 182 g/mol. The van der Waals surface area contributed by atoms with Crippen molar-refractivity contribution in [3.8, 4) is 0 Å². The number of ketones is 1. The van der Waals surface area contributed by atoms with Gasteiger partial charge in [0.2, 0.25) is 5.78 Å². The van der Waals surface area contributed by atoms with Crippen LogP contribution in [0.4, 0.5) is 0 Å². The highest BCUT2D eigenvalue weighted by atomic mass is 16.3. The van der Waals surface area contributed by atoms with Gasteiger partial charge in [-0.3, -0.25) is 9.48 Å². The highest BCUT2D eigenvalue weighted by molar-refractivity contribution is 5.97. The van der Waals surface area contributed by atoms with E-state index in [0.717, 1.165) is 0 Å². The van der Waals surface area contributed by atoms with E-state index >= 15 is 0 Å². The quantitative estimate of drug-likeness (QED) is 0.702. The van der Waals surface area contributed by atoms with Gasteiger partial charge < -0.3 is 5.11 Å². The van der Waals surface area contributed by atoms with E-state index in [0.29, 0.717) is 18.7 Å². The second kappa shape index (κ2) is 4.18. The second-order valence-corrected chi connectivity index (χ2v) is 2.82. The van der Waals surface area contributed by atoms with Crippen LogP contribution in [0, 0.1) is 0 Å². The third kappa shape index (κ3) is 1.95. The van der Waals surface area contributed by atoms with Gasteiger partial charge in [-0.2, -0.15) is 5.10 Å². The topological polar surface area (TPSA) is 55.1 Å². The molecule has 0 radical (unpaired) electrons. The van der Waals surface area contributed by atoms with Crippen LogP contribution >= 0.6 is 0 Å². The summed E-state index contributed by atoms with van der Waals surface area (Å²) in [6.07, 6.45) is 1.11. The number of aromatic nitrogens is 2. The molecule has 4 nitrogen and oxygen atoms in total. The molecule has 0 fully saturated rings. The zero-order valence-electron chi connectivity index (χ0n) is 7.90. The van der Waals surface area contributed by atoms with Gasteiger partial charge in [0.25, 0.3) is 0 Å². The molecule has 0 saturated carbocycles. The fraction of sp³-hybridized carbons (Fsp3) is 0.556. The number of hydrogen-bond acceptors (Lipinski definition) is 3. The number of rotatable bonds is 4. The van der Waals surface area contributed by atoms with E-state index in [1.807, 2.05) is 6.92 Å². The van der Waals surface area contributed by atoms with Crippen molar-refractivity contribution in [1.29, 1.82) is 0 Å². The van der Waals surface area contributed by atoms with Gasteiger partial charge in [-0.15, -0.1) is 0 Å². The molecule has 0 bridgehead atoms. The van der Waals surface area contributed by atoms with Crippen LogP contribution in [-0.2, 0) is 6.54 Å². The van der Waals surface area contributed by atoms with E-state index in [1.165, 1.54) is 0 Å². The minimum Gasteiger partial charge on any atom is -0.385 e. The number of Topliss-reactive ketones (excluding diaryl/α,β-unsaturated/α-hetero) is 1. The molecule has 1 unspecified atom stereocenters. The van der Waals surface area contributed by atoms with Crippen LogP contribution in [0.1, 0.15) is 30.8 Å². The van der Waals surface area contributed by atoms with Gasteiger partial charge in [-0.25, -0.2) is 0 Å². The Morgan fingerprint density at radius 2 is 2.38 bits per heavy atom. The molecule has 1 rings (SSSR count). The Morgan fingerprint density at radius 1 is 1.69 bits per heavy atom. The first kappa shape index (κ1) is 9.92. The largest absolute Gasteiger partial charge is 0.385 e. The third-order valence-electron chi connectivity index (χ3n) is 1.96. The molecule has 72 valence electrons. The van der Waals surface area contributed by atoms with Gasteiger partial charge in [0.15, 0.2) is 0 Å². The molecule has 4 heteroatoms. The van der Waals surface area contributed by atoms with Gasteiger partial charge >= 0.3 is 0 Å². The Balaban J connectivity index is 2.88. The van der Waals surface area contributed by atoms with Gasteiger partial charge in [0, 0.05) is 12.7 Å². The zero-order valence-corrected chi connectivity index (χ0v) is 7.90. The Morgan fingerprint density at radius 3 is 2.92 bits per heavy atom. The smallest absolute Gasteiger partial charge is 0.209 e. The minimum atomic E-state index is -0.901. The zero-order chi connectivity index (χ0) is 9.84. The van der Waals surface area contributed by atoms with Gasteiger partial charge in [-0.1, -0.05) is 6.92 Å². The Hall–Kier alpha value is -1.16. The fourth-order valence-electron chi connectivity index (χ4n) is 1.15.